The molecule has 0 atom stereocenters. The van der Waals surface area contributed by atoms with Gasteiger partial charge in [0.25, 0.3) is 0 Å². The number of hydrogen-bond acceptors (Lipinski definition) is 2. The van der Waals surface area contributed by atoms with Crippen molar-refractivity contribution in [3.05, 3.63) is 11.6 Å². The zero-order valence-corrected chi connectivity index (χ0v) is 7.65. The van der Waals surface area contributed by atoms with Gasteiger partial charge in [-0.25, -0.2) is 4.79 Å². The molecule has 0 radical (unpaired) electrons. The van der Waals surface area contributed by atoms with Crippen LogP contribution in [0.15, 0.2) is 11.6 Å². The van der Waals surface area contributed by atoms with Crippen LogP contribution in [0.3, 0.4) is 0 Å². The molecule has 0 saturated heterocycles. The number of carbonyl (C=O) groups is 1. The lowest BCUT2D eigenvalue weighted by Crippen LogP contribution is -2.04. The predicted octanol–water partition coefficient (Wildman–Crippen LogP) is 2.12. The normalized spacial score (nSPS) is 11.4. The Kier molecular flexibility index (Phi) is 5.94. The van der Waals surface area contributed by atoms with Gasteiger partial charge >= 0.3 is 5.97 Å². The number of hydrogen-bond donors (Lipinski definition) is 0. The quantitative estimate of drug-likeness (QED) is 0.373. The molecule has 0 fully saturated rings. The predicted molar refractivity (Wildman–Crippen MR) is 45.7 cm³/mol. The van der Waals surface area contributed by atoms with Crippen molar-refractivity contribution >= 4 is 17.6 Å². The molecule has 0 N–H and O–H groups in total. The summed E-state index contributed by atoms with van der Waals surface area (Å²) in [5.41, 5.74) is 0.632. The van der Waals surface area contributed by atoms with Gasteiger partial charge in [-0.05, 0) is 20.3 Å². The number of ether oxygens (including phenoxy) is 1. The summed E-state index contributed by atoms with van der Waals surface area (Å²) in [4.78, 5) is 10.9. The summed E-state index contributed by atoms with van der Waals surface area (Å²) in [5.74, 6) is 0.286. The molecule has 2 nitrogen and oxygen atoms in total. The van der Waals surface area contributed by atoms with Crippen molar-refractivity contribution in [3.8, 4) is 0 Å². The van der Waals surface area contributed by atoms with Crippen molar-refractivity contribution in [1.29, 1.82) is 0 Å². The summed E-state index contributed by atoms with van der Waals surface area (Å²) < 4.78 is 4.75. The number of carbonyl (C=O) groups excluding carboxylic acids is 1. The average molecular weight is 177 g/mol. The van der Waals surface area contributed by atoms with Gasteiger partial charge in [0, 0.05) is 11.5 Å². The van der Waals surface area contributed by atoms with Crippen molar-refractivity contribution in [1.82, 2.24) is 0 Å². The van der Waals surface area contributed by atoms with Gasteiger partial charge in [0.15, 0.2) is 0 Å². The first-order valence-electron chi connectivity index (χ1n) is 3.62. The Labute approximate surface area is 72.2 Å². The molecule has 0 saturated carbocycles. The van der Waals surface area contributed by atoms with Gasteiger partial charge in [-0.1, -0.05) is 6.08 Å². The molecular weight excluding hydrogens is 164 g/mol. The SMILES string of the molecule is CCOC(=O)/C(C)=C\CCCl. The topological polar surface area (TPSA) is 26.3 Å². The van der Waals surface area contributed by atoms with E-state index < -0.39 is 0 Å². The number of halogens is 1. The van der Waals surface area contributed by atoms with Gasteiger partial charge in [-0.2, -0.15) is 0 Å². The van der Waals surface area contributed by atoms with Crippen LogP contribution >= 0.6 is 11.6 Å². The van der Waals surface area contributed by atoms with Gasteiger partial charge < -0.3 is 4.74 Å². The van der Waals surface area contributed by atoms with Gasteiger partial charge in [0.2, 0.25) is 0 Å². The van der Waals surface area contributed by atoms with E-state index in [1.165, 1.54) is 0 Å². The van der Waals surface area contributed by atoms with E-state index >= 15 is 0 Å². The van der Waals surface area contributed by atoms with Crippen LogP contribution in [-0.2, 0) is 9.53 Å². The Morgan fingerprint density at radius 2 is 2.27 bits per heavy atom. The first kappa shape index (κ1) is 10.5. The fourth-order valence-electron chi connectivity index (χ4n) is 0.599. The van der Waals surface area contributed by atoms with Crippen LogP contribution in [0.4, 0.5) is 0 Å². The average Bonchev–Trinajstić information content (AvgIpc) is 2.00. The van der Waals surface area contributed by atoms with Gasteiger partial charge in [-0.3, -0.25) is 0 Å². The molecule has 0 aromatic heterocycles. The highest BCUT2D eigenvalue weighted by Crippen LogP contribution is 1.99. The molecule has 0 bridgehead atoms. The molecule has 0 heterocycles. The number of esters is 1. The van der Waals surface area contributed by atoms with E-state index in [2.05, 4.69) is 0 Å². The summed E-state index contributed by atoms with van der Waals surface area (Å²) in [5, 5.41) is 0. The Hall–Kier alpha value is -0.500. The van der Waals surface area contributed by atoms with E-state index in [0.717, 1.165) is 0 Å². The third kappa shape index (κ3) is 4.85. The molecule has 0 aromatic carbocycles. The fourth-order valence-corrected chi connectivity index (χ4v) is 0.708. The third-order valence-electron chi connectivity index (χ3n) is 1.16. The van der Waals surface area contributed by atoms with E-state index in [1.807, 2.05) is 0 Å². The third-order valence-corrected chi connectivity index (χ3v) is 1.38. The first-order chi connectivity index (χ1) is 5.22. The molecule has 11 heavy (non-hydrogen) atoms. The number of rotatable bonds is 4. The van der Waals surface area contributed by atoms with Crippen LogP contribution in [0.25, 0.3) is 0 Å². The molecule has 0 aliphatic heterocycles. The molecule has 64 valence electrons. The van der Waals surface area contributed by atoms with E-state index in [0.29, 0.717) is 24.5 Å². The van der Waals surface area contributed by atoms with Crippen LogP contribution < -0.4 is 0 Å². The highest BCUT2D eigenvalue weighted by Gasteiger charge is 2.02. The van der Waals surface area contributed by atoms with E-state index in [-0.39, 0.29) is 5.97 Å². The van der Waals surface area contributed by atoms with Crippen LogP contribution in [0.1, 0.15) is 20.3 Å². The zero-order chi connectivity index (χ0) is 8.69. The summed E-state index contributed by atoms with van der Waals surface area (Å²) in [6.45, 7) is 3.93. The lowest BCUT2D eigenvalue weighted by atomic mass is 10.2. The van der Waals surface area contributed by atoms with E-state index in [1.54, 1.807) is 19.9 Å². The second-order valence-corrected chi connectivity index (χ2v) is 2.46. The second-order valence-electron chi connectivity index (χ2n) is 2.09. The Morgan fingerprint density at radius 3 is 2.73 bits per heavy atom. The van der Waals surface area contributed by atoms with E-state index in [4.69, 9.17) is 16.3 Å². The molecule has 0 aliphatic rings. The minimum Gasteiger partial charge on any atom is -0.463 e. The highest BCUT2D eigenvalue weighted by molar-refractivity contribution is 6.17. The number of alkyl halides is 1. The van der Waals surface area contributed by atoms with Gasteiger partial charge in [-0.15, -0.1) is 11.6 Å². The molecule has 0 rings (SSSR count). The second kappa shape index (κ2) is 6.23. The lowest BCUT2D eigenvalue weighted by Gasteiger charge is -1.99. The van der Waals surface area contributed by atoms with Crippen molar-refractivity contribution in [2.75, 3.05) is 12.5 Å². The Bertz CT molecular complexity index is 152. The molecule has 0 aromatic rings. The molecule has 3 heteroatoms. The largest absolute Gasteiger partial charge is 0.463 e. The van der Waals surface area contributed by atoms with Crippen LogP contribution in [-0.4, -0.2) is 18.5 Å². The number of allylic oxidation sites excluding steroid dienone is 1. The first-order valence-corrected chi connectivity index (χ1v) is 4.15. The van der Waals surface area contributed by atoms with Crippen molar-refractivity contribution < 1.29 is 9.53 Å². The summed E-state index contributed by atoms with van der Waals surface area (Å²) in [6, 6.07) is 0. The molecule has 0 aliphatic carbocycles. The highest BCUT2D eigenvalue weighted by atomic mass is 35.5. The lowest BCUT2D eigenvalue weighted by molar-refractivity contribution is -0.138. The molecule has 0 amide bonds. The van der Waals surface area contributed by atoms with Crippen molar-refractivity contribution in [3.63, 3.8) is 0 Å². The van der Waals surface area contributed by atoms with Crippen LogP contribution in [0, 0.1) is 0 Å². The van der Waals surface area contributed by atoms with Crippen molar-refractivity contribution in [2.24, 2.45) is 0 Å². The summed E-state index contributed by atoms with van der Waals surface area (Å²) in [7, 11) is 0. The van der Waals surface area contributed by atoms with Gasteiger partial charge in [0.1, 0.15) is 0 Å². The Morgan fingerprint density at radius 1 is 1.64 bits per heavy atom. The molecular formula is C8H13ClO2. The fraction of sp³-hybridized carbons (Fsp3) is 0.625. The van der Waals surface area contributed by atoms with Crippen molar-refractivity contribution in [2.45, 2.75) is 20.3 Å². The van der Waals surface area contributed by atoms with Gasteiger partial charge in [0.05, 0.1) is 6.61 Å². The summed E-state index contributed by atoms with van der Waals surface area (Å²) >= 11 is 5.43. The van der Waals surface area contributed by atoms with E-state index in [9.17, 15) is 4.79 Å². The molecule has 0 unspecified atom stereocenters. The monoisotopic (exact) mass is 176 g/mol. The smallest absolute Gasteiger partial charge is 0.333 e. The Balaban J connectivity index is 3.80. The maximum Gasteiger partial charge on any atom is 0.333 e. The van der Waals surface area contributed by atoms with Crippen LogP contribution in [0.5, 0.6) is 0 Å². The maximum absolute atomic E-state index is 10.9. The zero-order valence-electron chi connectivity index (χ0n) is 6.89. The molecule has 0 spiro atoms. The maximum atomic E-state index is 10.9. The minimum atomic E-state index is -0.252. The van der Waals surface area contributed by atoms with Crippen LogP contribution in [0.2, 0.25) is 0 Å². The summed E-state index contributed by atoms with van der Waals surface area (Å²) in [6.07, 6.45) is 2.50. The minimum absolute atomic E-state index is 0.252. The standard InChI is InChI=1S/C8H13ClO2/c1-3-11-8(10)7(2)5-4-6-9/h5H,3-4,6H2,1-2H3/b7-5-.